The van der Waals surface area contributed by atoms with Crippen LogP contribution in [0.2, 0.25) is 6.04 Å². The van der Waals surface area contributed by atoms with Gasteiger partial charge in [-0.3, -0.25) is 9.59 Å². The Hall–Kier alpha value is -1.62. The van der Waals surface area contributed by atoms with Gasteiger partial charge in [0.2, 0.25) is 0 Å². The molecular weight excluding hydrogens is 284 g/mol. The Morgan fingerprint density at radius 3 is 2.38 bits per heavy atom. The second-order valence-corrected chi connectivity index (χ2v) is 8.04. The Balaban J connectivity index is 3.00. The highest BCUT2D eigenvalue weighted by atomic mass is 28.4. The van der Waals surface area contributed by atoms with Crippen molar-refractivity contribution in [2.75, 3.05) is 0 Å². The molecule has 0 heterocycles. The van der Waals surface area contributed by atoms with Gasteiger partial charge in [0.15, 0.2) is 0 Å². The lowest BCUT2D eigenvalue weighted by Crippen LogP contribution is -2.54. The average Bonchev–Trinajstić information content (AvgIpc) is 2.51. The van der Waals surface area contributed by atoms with Gasteiger partial charge >= 0.3 is 8.56 Å². The molecule has 116 valence electrons. The third kappa shape index (κ3) is 5.34. The van der Waals surface area contributed by atoms with E-state index in [9.17, 15) is 9.59 Å². The van der Waals surface area contributed by atoms with Crippen LogP contribution in [0, 0.1) is 0 Å². The first kappa shape index (κ1) is 17.4. The van der Waals surface area contributed by atoms with Crippen molar-refractivity contribution >= 4 is 26.2 Å². The molecule has 0 spiro atoms. The highest BCUT2D eigenvalue weighted by Gasteiger charge is 2.45. The minimum atomic E-state index is -3.02. The molecule has 0 saturated carbocycles. The van der Waals surface area contributed by atoms with Crippen molar-refractivity contribution < 1.29 is 18.4 Å². The molecule has 1 aromatic carbocycles. The molecule has 0 aliphatic rings. The lowest BCUT2D eigenvalue weighted by Gasteiger charge is -2.28. The van der Waals surface area contributed by atoms with Crippen LogP contribution in [-0.2, 0) is 18.4 Å². The number of carbonyl (C=O) groups is 2. The van der Waals surface area contributed by atoms with Crippen LogP contribution in [0.15, 0.2) is 30.3 Å². The zero-order valence-corrected chi connectivity index (χ0v) is 13.8. The average molecular weight is 308 g/mol. The maximum absolute atomic E-state index is 12.0. The van der Waals surface area contributed by atoms with Gasteiger partial charge in [-0.15, -0.1) is 0 Å². The van der Waals surface area contributed by atoms with Gasteiger partial charge < -0.3 is 8.85 Å². The van der Waals surface area contributed by atoms with Crippen LogP contribution in [0.5, 0.6) is 0 Å². The molecule has 5 heteroatoms. The number of hydrogen-bond donors (Lipinski definition) is 0. The quantitative estimate of drug-likeness (QED) is 0.492. The number of rotatable bonds is 10. The summed E-state index contributed by atoms with van der Waals surface area (Å²) in [7, 11) is -3.02. The van der Waals surface area contributed by atoms with Crippen molar-refractivity contribution in [1.82, 2.24) is 0 Å². The Morgan fingerprint density at radius 2 is 1.81 bits per heavy atom. The highest BCUT2D eigenvalue weighted by molar-refractivity contribution is 6.83. The van der Waals surface area contributed by atoms with Crippen LogP contribution < -0.4 is 5.19 Å². The first-order valence-electron chi connectivity index (χ1n) is 7.57. The molecule has 1 unspecified atom stereocenters. The fourth-order valence-electron chi connectivity index (χ4n) is 2.14. The Bertz CT molecular complexity index is 435. The van der Waals surface area contributed by atoms with Gasteiger partial charge in [-0.05, 0) is 12.8 Å². The van der Waals surface area contributed by atoms with Crippen molar-refractivity contribution in [3.05, 3.63) is 30.3 Å². The second-order valence-electron chi connectivity index (χ2n) is 5.01. The number of carbonyl (C=O) groups excluding carboxylic acids is 2. The van der Waals surface area contributed by atoms with E-state index in [4.69, 9.17) is 8.85 Å². The molecule has 0 fully saturated rings. The summed E-state index contributed by atoms with van der Waals surface area (Å²) in [4.78, 5) is 23.0. The Labute approximate surface area is 127 Å². The molecule has 0 saturated heterocycles. The van der Waals surface area contributed by atoms with Crippen LogP contribution in [-0.4, -0.2) is 21.0 Å². The van der Waals surface area contributed by atoms with Crippen LogP contribution >= 0.6 is 0 Å². The van der Waals surface area contributed by atoms with E-state index in [1.54, 1.807) is 0 Å². The summed E-state index contributed by atoms with van der Waals surface area (Å²) in [6, 6.07) is 9.98. The number of unbranched alkanes of at least 4 members (excludes halogenated alkanes) is 2. The van der Waals surface area contributed by atoms with Crippen molar-refractivity contribution in [3.8, 4) is 0 Å². The van der Waals surface area contributed by atoms with E-state index in [0.29, 0.717) is 18.9 Å². The van der Waals surface area contributed by atoms with E-state index in [-0.39, 0.29) is 5.97 Å². The predicted octanol–water partition coefficient (Wildman–Crippen LogP) is 3.04. The number of hydrogen-bond acceptors (Lipinski definition) is 4. The monoisotopic (exact) mass is 308 g/mol. The van der Waals surface area contributed by atoms with E-state index in [0.717, 1.165) is 30.9 Å². The van der Waals surface area contributed by atoms with Gasteiger partial charge in [0.25, 0.3) is 12.4 Å². The lowest BCUT2D eigenvalue weighted by molar-refractivity contribution is -0.137. The zero-order chi connectivity index (χ0) is 15.6. The van der Waals surface area contributed by atoms with Gasteiger partial charge in [-0.2, -0.15) is 0 Å². The largest absolute Gasteiger partial charge is 0.499 e. The van der Waals surface area contributed by atoms with Crippen LogP contribution in [0.3, 0.4) is 0 Å². The second kappa shape index (κ2) is 9.34. The predicted molar refractivity (Wildman–Crippen MR) is 84.3 cm³/mol. The SMILES string of the molecule is CCCCC(=O)O[Si](CCCC)(OC=O)c1ccccc1. The Morgan fingerprint density at radius 1 is 1.14 bits per heavy atom. The van der Waals surface area contributed by atoms with Crippen molar-refractivity contribution in [1.29, 1.82) is 0 Å². The summed E-state index contributed by atoms with van der Waals surface area (Å²) >= 11 is 0. The van der Waals surface area contributed by atoms with Gasteiger partial charge in [0.1, 0.15) is 0 Å². The topological polar surface area (TPSA) is 52.6 Å². The molecule has 0 radical (unpaired) electrons. The third-order valence-corrected chi connectivity index (χ3v) is 6.58. The minimum Gasteiger partial charge on any atom is -0.484 e. The van der Waals surface area contributed by atoms with Crippen LogP contribution in [0.1, 0.15) is 46.0 Å². The molecule has 1 rings (SSSR count). The standard InChI is InChI=1S/C16H24O4Si/c1-3-5-12-16(18)20-21(19-14-17,13-6-4-2)15-10-8-7-9-11-15/h7-11,14H,3-6,12-13H2,1-2H3. The normalized spacial score (nSPS) is 13.2. The zero-order valence-electron chi connectivity index (χ0n) is 12.8. The fourth-order valence-corrected chi connectivity index (χ4v) is 5.10. The maximum Gasteiger partial charge on any atom is 0.499 e. The van der Waals surface area contributed by atoms with E-state index < -0.39 is 8.56 Å². The van der Waals surface area contributed by atoms with Gasteiger partial charge in [0, 0.05) is 17.7 Å². The minimum absolute atomic E-state index is 0.273. The molecule has 0 bridgehead atoms. The molecule has 21 heavy (non-hydrogen) atoms. The van der Waals surface area contributed by atoms with Crippen molar-refractivity contribution in [2.45, 2.75) is 52.0 Å². The smallest absolute Gasteiger partial charge is 0.484 e. The first-order valence-corrected chi connectivity index (χ1v) is 9.59. The van der Waals surface area contributed by atoms with E-state index >= 15 is 0 Å². The van der Waals surface area contributed by atoms with E-state index in [1.807, 2.05) is 37.3 Å². The summed E-state index contributed by atoms with van der Waals surface area (Å²) in [6.07, 6.45) is 3.89. The molecule has 0 N–H and O–H groups in total. The van der Waals surface area contributed by atoms with Crippen molar-refractivity contribution in [2.24, 2.45) is 0 Å². The van der Waals surface area contributed by atoms with Crippen LogP contribution in [0.4, 0.5) is 0 Å². The molecule has 4 nitrogen and oxygen atoms in total. The molecular formula is C16H24O4Si. The lowest BCUT2D eigenvalue weighted by atomic mass is 10.3. The maximum atomic E-state index is 12.0. The molecule has 0 aromatic heterocycles. The van der Waals surface area contributed by atoms with Crippen LogP contribution in [0.25, 0.3) is 0 Å². The summed E-state index contributed by atoms with van der Waals surface area (Å²) in [5.41, 5.74) is 0. The van der Waals surface area contributed by atoms with E-state index in [1.165, 1.54) is 0 Å². The molecule has 1 atom stereocenters. The highest BCUT2D eigenvalue weighted by Crippen LogP contribution is 2.18. The number of benzene rings is 1. The van der Waals surface area contributed by atoms with Gasteiger partial charge in [0.05, 0.1) is 0 Å². The van der Waals surface area contributed by atoms with Crippen molar-refractivity contribution in [3.63, 3.8) is 0 Å². The molecule has 0 amide bonds. The summed E-state index contributed by atoms with van der Waals surface area (Å²) in [6.45, 7) is 4.50. The molecule has 0 aliphatic heterocycles. The van der Waals surface area contributed by atoms with Gasteiger partial charge in [-0.1, -0.05) is 57.0 Å². The van der Waals surface area contributed by atoms with E-state index in [2.05, 4.69) is 6.92 Å². The summed E-state index contributed by atoms with van der Waals surface area (Å²) < 4.78 is 11.1. The summed E-state index contributed by atoms with van der Waals surface area (Å²) in [5.74, 6) is -0.273. The Kier molecular flexibility index (Phi) is 7.75. The molecule has 0 aliphatic carbocycles. The summed E-state index contributed by atoms with van der Waals surface area (Å²) in [5, 5.41) is 0.829. The molecule has 1 aromatic rings. The fraction of sp³-hybridized carbons (Fsp3) is 0.500. The third-order valence-electron chi connectivity index (χ3n) is 3.32. The van der Waals surface area contributed by atoms with Gasteiger partial charge in [-0.25, -0.2) is 0 Å². The first-order chi connectivity index (χ1) is 10.2.